The Bertz CT molecular complexity index is 679. The van der Waals surface area contributed by atoms with Gasteiger partial charge in [-0.15, -0.1) is 0 Å². The quantitative estimate of drug-likeness (QED) is 0.868. The van der Waals surface area contributed by atoms with Crippen molar-refractivity contribution in [3.63, 3.8) is 0 Å². The van der Waals surface area contributed by atoms with Crippen molar-refractivity contribution in [2.24, 2.45) is 0 Å². The Morgan fingerprint density at radius 1 is 1.35 bits per heavy atom. The lowest BCUT2D eigenvalue weighted by Crippen LogP contribution is -2.04. The van der Waals surface area contributed by atoms with Crippen molar-refractivity contribution < 1.29 is 4.39 Å². The molecule has 4 nitrogen and oxygen atoms in total. The van der Waals surface area contributed by atoms with Gasteiger partial charge in [-0.25, -0.2) is 14.4 Å². The fourth-order valence-corrected chi connectivity index (χ4v) is 2.21. The van der Waals surface area contributed by atoms with E-state index in [9.17, 15) is 4.39 Å². The van der Waals surface area contributed by atoms with Crippen LogP contribution in [0.15, 0.2) is 24.5 Å². The minimum Gasteiger partial charge on any atom is -0.339 e. The number of rotatable bonds is 3. The number of benzene rings is 1. The molecule has 0 bridgehead atoms. The van der Waals surface area contributed by atoms with Crippen LogP contribution in [-0.4, -0.2) is 9.97 Å². The normalized spacial score (nSPS) is 10.4. The molecule has 0 aliphatic rings. The summed E-state index contributed by atoms with van der Waals surface area (Å²) in [5.74, 6) is -0.0175. The first kappa shape index (κ1) is 14.2. The fourth-order valence-electron chi connectivity index (χ4n) is 1.85. The van der Waals surface area contributed by atoms with Crippen LogP contribution in [-0.2, 0) is 0 Å². The molecule has 1 heterocycles. The van der Waals surface area contributed by atoms with Crippen LogP contribution in [0.5, 0.6) is 0 Å². The van der Waals surface area contributed by atoms with E-state index in [1.54, 1.807) is 6.07 Å². The van der Waals surface area contributed by atoms with E-state index in [0.29, 0.717) is 16.7 Å². The molecule has 0 amide bonds. The maximum absolute atomic E-state index is 13.6. The molecular weight excluding hydrogens is 279 g/mol. The second-order valence-electron chi connectivity index (χ2n) is 4.48. The summed E-state index contributed by atoms with van der Waals surface area (Å²) in [6, 6.07) is 6.21. The van der Waals surface area contributed by atoms with Crippen molar-refractivity contribution in [3.05, 3.63) is 46.6 Å². The van der Waals surface area contributed by atoms with E-state index >= 15 is 0 Å². The van der Waals surface area contributed by atoms with Gasteiger partial charge in [0.15, 0.2) is 0 Å². The summed E-state index contributed by atoms with van der Waals surface area (Å²) in [4.78, 5) is 8.06. The molecule has 0 radical (unpaired) electrons. The van der Waals surface area contributed by atoms with Crippen LogP contribution in [0.1, 0.15) is 30.9 Å². The first-order valence-electron chi connectivity index (χ1n) is 6.00. The summed E-state index contributed by atoms with van der Waals surface area (Å²) < 4.78 is 13.6. The Hall–Kier alpha value is -2.19. The lowest BCUT2D eigenvalue weighted by molar-refractivity contribution is 0.624. The van der Waals surface area contributed by atoms with Gasteiger partial charge in [-0.1, -0.05) is 31.5 Å². The summed E-state index contributed by atoms with van der Waals surface area (Å²) in [5, 5.41) is 12.3. The van der Waals surface area contributed by atoms with Crippen LogP contribution in [0.3, 0.4) is 0 Å². The van der Waals surface area contributed by atoms with Gasteiger partial charge in [0, 0.05) is 5.56 Å². The summed E-state index contributed by atoms with van der Waals surface area (Å²) in [7, 11) is 0. The Balaban J connectivity index is 2.49. The zero-order chi connectivity index (χ0) is 14.7. The largest absolute Gasteiger partial charge is 0.339 e. The molecule has 0 spiro atoms. The van der Waals surface area contributed by atoms with Crippen LogP contribution in [0.25, 0.3) is 0 Å². The van der Waals surface area contributed by atoms with Crippen LogP contribution in [0, 0.1) is 17.1 Å². The number of nitriles is 1. The van der Waals surface area contributed by atoms with Gasteiger partial charge in [0.2, 0.25) is 0 Å². The lowest BCUT2D eigenvalue weighted by atomic mass is 10.1. The van der Waals surface area contributed by atoms with Gasteiger partial charge in [0.05, 0.1) is 5.69 Å². The SMILES string of the molecule is CC(C)c1c(Cl)ncnc1Nc1cccc(F)c1C#N. The molecule has 1 aromatic heterocycles. The predicted molar refractivity (Wildman–Crippen MR) is 75.5 cm³/mol. The summed E-state index contributed by atoms with van der Waals surface area (Å²) in [5.41, 5.74) is 1.02. The summed E-state index contributed by atoms with van der Waals surface area (Å²) >= 11 is 6.07. The Morgan fingerprint density at radius 2 is 2.10 bits per heavy atom. The molecule has 20 heavy (non-hydrogen) atoms. The van der Waals surface area contributed by atoms with Gasteiger partial charge in [-0.05, 0) is 18.1 Å². The zero-order valence-electron chi connectivity index (χ0n) is 11.0. The maximum Gasteiger partial charge on any atom is 0.143 e. The number of nitrogens with zero attached hydrogens (tertiary/aromatic N) is 3. The van der Waals surface area contributed by atoms with E-state index < -0.39 is 5.82 Å². The van der Waals surface area contributed by atoms with Gasteiger partial charge in [-0.2, -0.15) is 5.26 Å². The second-order valence-corrected chi connectivity index (χ2v) is 4.84. The average Bonchev–Trinajstić information content (AvgIpc) is 2.38. The van der Waals surface area contributed by atoms with E-state index in [2.05, 4.69) is 15.3 Å². The van der Waals surface area contributed by atoms with Gasteiger partial charge in [-0.3, -0.25) is 0 Å². The Labute approximate surface area is 121 Å². The molecule has 102 valence electrons. The topological polar surface area (TPSA) is 61.6 Å². The molecule has 0 aliphatic carbocycles. The molecule has 0 atom stereocenters. The number of hydrogen-bond donors (Lipinski definition) is 1. The molecule has 0 saturated heterocycles. The minimum atomic E-state index is -0.580. The number of nitrogens with one attached hydrogen (secondary N) is 1. The third kappa shape index (κ3) is 2.70. The third-order valence-electron chi connectivity index (χ3n) is 2.79. The first-order chi connectivity index (χ1) is 9.54. The molecule has 2 aromatic rings. The number of aromatic nitrogens is 2. The highest BCUT2D eigenvalue weighted by atomic mass is 35.5. The van der Waals surface area contributed by atoms with Crippen LogP contribution >= 0.6 is 11.6 Å². The van der Waals surface area contributed by atoms with Gasteiger partial charge in [0.25, 0.3) is 0 Å². The number of anilines is 2. The van der Waals surface area contributed by atoms with E-state index in [1.807, 2.05) is 19.9 Å². The zero-order valence-corrected chi connectivity index (χ0v) is 11.7. The Morgan fingerprint density at radius 3 is 2.75 bits per heavy atom. The molecule has 1 N–H and O–H groups in total. The van der Waals surface area contributed by atoms with Crippen LogP contribution in [0.2, 0.25) is 5.15 Å². The highest BCUT2D eigenvalue weighted by Crippen LogP contribution is 2.31. The highest BCUT2D eigenvalue weighted by molar-refractivity contribution is 6.30. The molecule has 6 heteroatoms. The molecule has 0 fully saturated rings. The minimum absolute atomic E-state index is 0.0584. The predicted octanol–water partition coefficient (Wildman–Crippen LogP) is 4.01. The smallest absolute Gasteiger partial charge is 0.143 e. The van der Waals surface area contributed by atoms with Crippen molar-refractivity contribution in [2.75, 3.05) is 5.32 Å². The van der Waals surface area contributed by atoms with Crippen molar-refractivity contribution in [2.45, 2.75) is 19.8 Å². The van der Waals surface area contributed by atoms with Gasteiger partial charge < -0.3 is 5.32 Å². The summed E-state index contributed by atoms with van der Waals surface area (Å²) in [6.45, 7) is 3.90. The fraction of sp³-hybridized carbons (Fsp3) is 0.214. The molecular formula is C14H12ClFN4. The monoisotopic (exact) mass is 290 g/mol. The second kappa shape index (κ2) is 5.85. The van der Waals surface area contributed by atoms with Crippen molar-refractivity contribution in [1.29, 1.82) is 5.26 Å². The average molecular weight is 291 g/mol. The van der Waals surface area contributed by atoms with Gasteiger partial charge in [0.1, 0.15) is 34.7 Å². The van der Waals surface area contributed by atoms with Crippen molar-refractivity contribution in [3.8, 4) is 6.07 Å². The van der Waals surface area contributed by atoms with E-state index in [4.69, 9.17) is 16.9 Å². The standard InChI is InChI=1S/C14H12ClFN4/c1-8(2)12-13(15)18-7-19-14(12)20-11-5-3-4-10(16)9(11)6-17/h3-5,7-8H,1-2H3,(H,18,19,20). The van der Waals surface area contributed by atoms with Crippen molar-refractivity contribution >= 4 is 23.1 Å². The molecule has 0 unspecified atom stereocenters. The van der Waals surface area contributed by atoms with E-state index in [0.717, 1.165) is 5.56 Å². The first-order valence-corrected chi connectivity index (χ1v) is 6.38. The number of hydrogen-bond acceptors (Lipinski definition) is 4. The Kier molecular flexibility index (Phi) is 4.16. The molecule has 2 rings (SSSR count). The maximum atomic E-state index is 13.6. The lowest BCUT2D eigenvalue weighted by Gasteiger charge is -2.15. The summed E-state index contributed by atoms with van der Waals surface area (Å²) in [6.07, 6.45) is 1.32. The number of halogens is 2. The molecule has 0 saturated carbocycles. The third-order valence-corrected chi connectivity index (χ3v) is 3.09. The van der Waals surface area contributed by atoms with Crippen molar-refractivity contribution in [1.82, 2.24) is 9.97 Å². The molecule has 1 aromatic carbocycles. The van der Waals surface area contributed by atoms with E-state index in [-0.39, 0.29) is 11.5 Å². The van der Waals surface area contributed by atoms with E-state index in [1.165, 1.54) is 18.5 Å². The van der Waals surface area contributed by atoms with Crippen LogP contribution in [0.4, 0.5) is 15.9 Å². The highest BCUT2D eigenvalue weighted by Gasteiger charge is 2.15. The van der Waals surface area contributed by atoms with Gasteiger partial charge >= 0.3 is 0 Å². The van der Waals surface area contributed by atoms with Crippen LogP contribution < -0.4 is 5.32 Å². The molecule has 0 aliphatic heterocycles.